The van der Waals surface area contributed by atoms with E-state index in [1.165, 1.54) is 121 Å². The first kappa shape index (κ1) is 35.3. The van der Waals surface area contributed by atoms with Gasteiger partial charge in [-0.2, -0.15) is 0 Å². The standard InChI is InChI=1S/C58H46BNOSi/c1-4-16-41(17-5-1)45-22-10-13-25-50(45)60-51-34-56-47(46-23-11-15-27-55(46)62(56,43-18-6-2-7-19-43)44-20-8-3-9-21-44)33-49(51)59-48-24-12-14-26-53(48)61-54-32-42(31-52(60)57(54)59)58-35-38-28-39(36-58)30-40(29-38)37-58/h1-27,31-34,38-40H,28-30,35-37H2. The third kappa shape index (κ3) is 4.82. The van der Waals surface area contributed by atoms with Gasteiger partial charge in [0.15, 0.2) is 8.07 Å². The lowest BCUT2D eigenvalue weighted by atomic mass is 9.34. The zero-order chi connectivity index (χ0) is 40.6. The van der Waals surface area contributed by atoms with E-state index < -0.39 is 8.07 Å². The molecule has 0 spiro atoms. The molecule has 4 bridgehead atoms. The van der Waals surface area contributed by atoms with E-state index in [0.717, 1.165) is 29.3 Å². The van der Waals surface area contributed by atoms with Gasteiger partial charge in [-0.15, -0.1) is 0 Å². The van der Waals surface area contributed by atoms with Gasteiger partial charge in [0.05, 0.1) is 5.69 Å². The van der Waals surface area contributed by atoms with Crippen molar-refractivity contribution < 1.29 is 4.74 Å². The van der Waals surface area contributed by atoms with Crippen LogP contribution in [0.5, 0.6) is 11.5 Å². The van der Waals surface area contributed by atoms with Gasteiger partial charge in [-0.1, -0.05) is 158 Å². The molecule has 0 radical (unpaired) electrons. The van der Waals surface area contributed by atoms with E-state index in [2.05, 4.69) is 193 Å². The Balaban J connectivity index is 1.11. The van der Waals surface area contributed by atoms with Crippen molar-refractivity contribution in [3.8, 4) is 33.8 Å². The maximum Gasteiger partial charge on any atom is 0.256 e. The number of para-hydroxylation sites is 2. The summed E-state index contributed by atoms with van der Waals surface area (Å²) in [6.07, 6.45) is 8.20. The van der Waals surface area contributed by atoms with Crippen LogP contribution in [0.2, 0.25) is 0 Å². The van der Waals surface area contributed by atoms with Crippen molar-refractivity contribution >= 4 is 69.0 Å². The third-order valence-corrected chi connectivity index (χ3v) is 21.0. The fourth-order valence-corrected chi connectivity index (χ4v) is 19.4. The summed E-state index contributed by atoms with van der Waals surface area (Å²) in [4.78, 5) is 2.69. The zero-order valence-electron chi connectivity index (χ0n) is 34.8. The summed E-state index contributed by atoms with van der Waals surface area (Å²) in [6.45, 7) is 0.0214. The molecule has 3 heterocycles. The molecule has 7 aliphatic rings. The van der Waals surface area contributed by atoms with Crippen LogP contribution in [0, 0.1) is 17.8 Å². The Morgan fingerprint density at radius 3 is 1.77 bits per heavy atom. The Kier molecular flexibility index (Phi) is 7.44. The largest absolute Gasteiger partial charge is 0.458 e. The van der Waals surface area contributed by atoms with Crippen LogP contribution < -0.4 is 46.8 Å². The molecule has 296 valence electrons. The highest BCUT2D eigenvalue weighted by molar-refractivity contribution is 7.22. The van der Waals surface area contributed by atoms with Gasteiger partial charge in [0, 0.05) is 16.9 Å². The molecule has 0 amide bonds. The first-order valence-corrected chi connectivity index (χ1v) is 25.0. The molecule has 4 heteroatoms. The van der Waals surface area contributed by atoms with Crippen LogP contribution in [0.25, 0.3) is 22.3 Å². The predicted octanol–water partition coefficient (Wildman–Crippen LogP) is 9.58. The summed E-state index contributed by atoms with van der Waals surface area (Å²) in [5.41, 5.74) is 14.6. The number of benzene rings is 8. The molecule has 62 heavy (non-hydrogen) atoms. The normalized spacial score (nSPS) is 22.5. The number of rotatable bonds is 5. The van der Waals surface area contributed by atoms with Gasteiger partial charge in [-0.3, -0.25) is 0 Å². The molecule has 0 atom stereocenters. The van der Waals surface area contributed by atoms with Crippen molar-refractivity contribution in [3.63, 3.8) is 0 Å². The summed E-state index contributed by atoms with van der Waals surface area (Å²) in [5.74, 6) is 4.56. The molecule has 15 rings (SSSR count). The van der Waals surface area contributed by atoms with Crippen molar-refractivity contribution in [1.82, 2.24) is 0 Å². The minimum Gasteiger partial charge on any atom is -0.458 e. The molecule has 0 saturated heterocycles. The van der Waals surface area contributed by atoms with Gasteiger partial charge in [0.2, 0.25) is 0 Å². The van der Waals surface area contributed by atoms with Crippen molar-refractivity contribution in [1.29, 1.82) is 0 Å². The molecule has 0 unspecified atom stereocenters. The van der Waals surface area contributed by atoms with Gasteiger partial charge < -0.3 is 9.64 Å². The first-order valence-electron chi connectivity index (χ1n) is 23.0. The fraction of sp³-hybridized carbons (Fsp3) is 0.172. The number of ether oxygens (including phenoxy) is 1. The fourth-order valence-electron chi connectivity index (χ4n) is 14.2. The summed E-state index contributed by atoms with van der Waals surface area (Å²) in [7, 11) is -2.80. The maximum absolute atomic E-state index is 7.22. The van der Waals surface area contributed by atoms with Crippen LogP contribution in [-0.4, -0.2) is 14.8 Å². The number of fused-ring (bicyclic) bond motifs is 7. The highest BCUT2D eigenvalue weighted by Gasteiger charge is 2.54. The average molecular weight is 812 g/mol. The lowest BCUT2D eigenvalue weighted by molar-refractivity contribution is -0.00522. The van der Waals surface area contributed by atoms with Crippen LogP contribution in [-0.2, 0) is 5.41 Å². The Morgan fingerprint density at radius 1 is 0.468 bits per heavy atom. The highest BCUT2D eigenvalue weighted by Crippen LogP contribution is 2.61. The summed E-state index contributed by atoms with van der Waals surface area (Å²) < 4.78 is 7.22. The summed E-state index contributed by atoms with van der Waals surface area (Å²) in [6, 6.07) is 71.8. The van der Waals surface area contributed by atoms with Crippen LogP contribution in [0.4, 0.5) is 17.1 Å². The lowest BCUT2D eigenvalue weighted by Gasteiger charge is -2.57. The molecule has 8 aromatic carbocycles. The van der Waals surface area contributed by atoms with Crippen LogP contribution in [0.1, 0.15) is 44.1 Å². The van der Waals surface area contributed by atoms with E-state index in [1.807, 2.05) is 0 Å². The Bertz CT molecular complexity index is 3030. The number of hydrogen-bond donors (Lipinski definition) is 0. The van der Waals surface area contributed by atoms with Crippen molar-refractivity contribution in [2.45, 2.75) is 43.9 Å². The highest BCUT2D eigenvalue weighted by atomic mass is 28.3. The van der Waals surface area contributed by atoms with Gasteiger partial charge in [0.25, 0.3) is 6.71 Å². The smallest absolute Gasteiger partial charge is 0.256 e. The Morgan fingerprint density at radius 2 is 1.06 bits per heavy atom. The van der Waals surface area contributed by atoms with E-state index >= 15 is 0 Å². The minimum absolute atomic E-state index is 0.0214. The zero-order valence-corrected chi connectivity index (χ0v) is 35.8. The maximum atomic E-state index is 7.22. The molecule has 4 fully saturated rings. The van der Waals surface area contributed by atoms with Crippen molar-refractivity contribution in [2.75, 3.05) is 4.90 Å². The van der Waals surface area contributed by atoms with E-state index in [0.29, 0.717) is 0 Å². The SMILES string of the molecule is c1ccc(-c2ccccc2N2c3cc4c(cc3B3c5ccccc5Oc5cc(C67CC8CC(CC(C8)C6)C7)cc2c53)-c2ccccc2[Si]4(c2ccccc2)c2ccccc2)cc1. The van der Waals surface area contributed by atoms with Crippen molar-refractivity contribution in [3.05, 3.63) is 194 Å². The van der Waals surface area contributed by atoms with Crippen LogP contribution >= 0.6 is 0 Å². The van der Waals surface area contributed by atoms with Gasteiger partial charge >= 0.3 is 0 Å². The monoisotopic (exact) mass is 811 g/mol. The molecule has 0 aromatic heterocycles. The molecule has 4 aliphatic carbocycles. The minimum atomic E-state index is -2.80. The predicted molar refractivity (Wildman–Crippen MR) is 260 cm³/mol. The molecule has 2 nitrogen and oxygen atoms in total. The van der Waals surface area contributed by atoms with Gasteiger partial charge in [-0.25, -0.2) is 0 Å². The van der Waals surface area contributed by atoms with E-state index in [1.54, 1.807) is 0 Å². The number of hydrogen-bond acceptors (Lipinski definition) is 2. The lowest BCUT2D eigenvalue weighted by Crippen LogP contribution is -2.73. The summed E-state index contributed by atoms with van der Waals surface area (Å²) >= 11 is 0. The summed E-state index contributed by atoms with van der Waals surface area (Å²) in [5, 5.41) is 5.79. The molecule has 0 N–H and O–H groups in total. The number of nitrogens with zero attached hydrogens (tertiary/aromatic N) is 1. The first-order chi connectivity index (χ1) is 30.7. The van der Waals surface area contributed by atoms with Gasteiger partial charge in [0.1, 0.15) is 11.5 Å². The molecule has 4 saturated carbocycles. The third-order valence-electron chi connectivity index (χ3n) is 16.1. The van der Waals surface area contributed by atoms with Gasteiger partial charge in [-0.05, 0) is 151 Å². The van der Waals surface area contributed by atoms with E-state index in [9.17, 15) is 0 Å². The second-order valence-corrected chi connectivity index (χ2v) is 23.1. The molecule has 8 aromatic rings. The second kappa shape index (κ2) is 13.1. The molecular formula is C58H46BNOSi. The number of anilines is 3. The topological polar surface area (TPSA) is 12.5 Å². The molecular weight excluding hydrogens is 766 g/mol. The van der Waals surface area contributed by atoms with Crippen LogP contribution in [0.3, 0.4) is 0 Å². The second-order valence-electron chi connectivity index (χ2n) is 19.4. The Labute approximate surface area is 366 Å². The molecule has 3 aliphatic heterocycles. The quantitative estimate of drug-likeness (QED) is 0.161. The van der Waals surface area contributed by atoms with E-state index in [-0.39, 0.29) is 12.1 Å². The van der Waals surface area contributed by atoms with Crippen LogP contribution in [0.15, 0.2) is 188 Å². The van der Waals surface area contributed by atoms with E-state index in [4.69, 9.17) is 4.74 Å². The Hall–Kier alpha value is -6.36. The van der Waals surface area contributed by atoms with Crippen molar-refractivity contribution in [2.24, 2.45) is 17.8 Å². The average Bonchev–Trinajstić information content (AvgIpc) is 3.61.